The third-order valence-corrected chi connectivity index (χ3v) is 2.81. The molecule has 0 saturated carbocycles. The van der Waals surface area contributed by atoms with Crippen LogP contribution in [-0.4, -0.2) is 4.98 Å². The van der Waals surface area contributed by atoms with E-state index in [0.29, 0.717) is 5.69 Å². The zero-order valence-electron chi connectivity index (χ0n) is 10.1. The average molecular weight is 249 g/mol. The van der Waals surface area contributed by atoms with Crippen LogP contribution in [0.3, 0.4) is 0 Å². The van der Waals surface area contributed by atoms with Crippen LogP contribution >= 0.6 is 0 Å². The zero-order valence-corrected chi connectivity index (χ0v) is 10.1. The second kappa shape index (κ2) is 4.60. The number of hydrogen-bond donors (Lipinski definition) is 2. The van der Waals surface area contributed by atoms with Crippen molar-refractivity contribution in [3.05, 3.63) is 47.0 Å². The molecular formula is C13H13F2N3. The second-order valence-corrected chi connectivity index (χ2v) is 4.06. The number of nitrogen functional groups attached to an aromatic ring is 1. The molecule has 0 aliphatic heterocycles. The minimum Gasteiger partial charge on any atom is -0.381 e. The maximum atomic E-state index is 13.5. The van der Waals surface area contributed by atoms with Gasteiger partial charge in [-0.2, -0.15) is 0 Å². The van der Waals surface area contributed by atoms with Crippen molar-refractivity contribution in [2.24, 2.45) is 0 Å². The molecule has 5 heteroatoms. The fourth-order valence-corrected chi connectivity index (χ4v) is 1.58. The van der Waals surface area contributed by atoms with Gasteiger partial charge in [-0.1, -0.05) is 12.1 Å². The van der Waals surface area contributed by atoms with Gasteiger partial charge >= 0.3 is 0 Å². The van der Waals surface area contributed by atoms with Gasteiger partial charge in [0.1, 0.15) is 0 Å². The van der Waals surface area contributed by atoms with Gasteiger partial charge in [0.25, 0.3) is 0 Å². The Morgan fingerprint density at radius 3 is 2.61 bits per heavy atom. The first-order chi connectivity index (χ1) is 8.49. The highest BCUT2D eigenvalue weighted by Gasteiger charge is 2.11. The number of nitrogens with zero attached hydrogens (tertiary/aromatic N) is 1. The molecule has 0 bridgehead atoms. The number of nitrogens with two attached hydrogens (primary N) is 1. The van der Waals surface area contributed by atoms with Gasteiger partial charge in [0.15, 0.2) is 23.3 Å². The van der Waals surface area contributed by atoms with E-state index in [-0.39, 0.29) is 11.6 Å². The van der Waals surface area contributed by atoms with Crippen LogP contribution in [0.2, 0.25) is 0 Å². The summed E-state index contributed by atoms with van der Waals surface area (Å²) in [5, 5.41) is 2.82. The van der Waals surface area contributed by atoms with Crippen LogP contribution in [0.4, 0.5) is 26.1 Å². The van der Waals surface area contributed by atoms with Crippen molar-refractivity contribution in [3.63, 3.8) is 0 Å². The first-order valence-electron chi connectivity index (χ1n) is 5.44. The quantitative estimate of drug-likeness (QED) is 0.858. The van der Waals surface area contributed by atoms with Crippen molar-refractivity contribution in [1.29, 1.82) is 0 Å². The molecule has 0 aliphatic carbocycles. The summed E-state index contributed by atoms with van der Waals surface area (Å²) in [6, 6.07) is 6.30. The third kappa shape index (κ3) is 2.25. The van der Waals surface area contributed by atoms with Crippen LogP contribution in [0, 0.1) is 25.5 Å². The Bertz CT molecular complexity index is 597. The van der Waals surface area contributed by atoms with E-state index >= 15 is 0 Å². The van der Waals surface area contributed by atoms with Gasteiger partial charge in [0.05, 0.1) is 0 Å². The molecule has 3 N–H and O–H groups in total. The summed E-state index contributed by atoms with van der Waals surface area (Å²) in [4.78, 5) is 3.65. The predicted octanol–water partition coefficient (Wildman–Crippen LogP) is 3.30. The lowest BCUT2D eigenvalue weighted by Crippen LogP contribution is -2.04. The molecular weight excluding hydrogens is 236 g/mol. The Labute approximate surface area is 104 Å². The normalized spacial score (nSPS) is 10.4. The number of pyridine rings is 1. The summed E-state index contributed by atoms with van der Waals surface area (Å²) in [5.74, 6) is -2.05. The van der Waals surface area contributed by atoms with Crippen LogP contribution in [0.25, 0.3) is 0 Å². The lowest BCUT2D eigenvalue weighted by Gasteiger charge is -2.11. The Balaban J connectivity index is 2.40. The van der Waals surface area contributed by atoms with Gasteiger partial charge in [-0.05, 0) is 31.0 Å². The van der Waals surface area contributed by atoms with Gasteiger partial charge in [0, 0.05) is 11.8 Å². The number of anilines is 3. The Morgan fingerprint density at radius 2 is 1.89 bits per heavy atom. The molecule has 0 radical (unpaired) electrons. The number of benzene rings is 1. The minimum atomic E-state index is -0.862. The lowest BCUT2D eigenvalue weighted by molar-refractivity contribution is 0.581. The maximum Gasteiger partial charge on any atom is 0.169 e. The van der Waals surface area contributed by atoms with Gasteiger partial charge in [-0.25, -0.2) is 13.8 Å². The molecule has 2 aromatic rings. The van der Waals surface area contributed by atoms with E-state index in [1.165, 1.54) is 0 Å². The van der Waals surface area contributed by atoms with E-state index in [1.54, 1.807) is 6.07 Å². The average Bonchev–Trinajstić information content (AvgIpc) is 2.32. The van der Waals surface area contributed by atoms with E-state index in [0.717, 1.165) is 17.2 Å². The molecule has 1 heterocycles. The Morgan fingerprint density at radius 1 is 1.17 bits per heavy atom. The number of rotatable bonds is 2. The number of halogens is 2. The number of nitrogens with one attached hydrogen (secondary N) is 1. The highest BCUT2D eigenvalue weighted by atomic mass is 19.1. The highest BCUT2D eigenvalue weighted by Crippen LogP contribution is 2.24. The van der Waals surface area contributed by atoms with Crippen LogP contribution in [0.5, 0.6) is 0 Å². The zero-order chi connectivity index (χ0) is 13.3. The molecule has 2 rings (SSSR count). The van der Waals surface area contributed by atoms with Gasteiger partial charge in [-0.15, -0.1) is 0 Å². The monoisotopic (exact) mass is 249 g/mol. The number of aromatic nitrogens is 1. The topological polar surface area (TPSA) is 50.9 Å². The second-order valence-electron chi connectivity index (χ2n) is 4.06. The molecule has 1 aromatic heterocycles. The Hall–Kier alpha value is -2.17. The summed E-state index contributed by atoms with van der Waals surface area (Å²) in [6.07, 6.45) is 0. The van der Waals surface area contributed by atoms with E-state index in [1.807, 2.05) is 26.0 Å². The molecule has 0 saturated heterocycles. The summed E-state index contributed by atoms with van der Waals surface area (Å²) in [6.45, 7) is 3.85. The van der Waals surface area contributed by atoms with Crippen molar-refractivity contribution in [3.8, 4) is 0 Å². The van der Waals surface area contributed by atoms with Gasteiger partial charge in [-0.3, -0.25) is 0 Å². The molecule has 0 amide bonds. The van der Waals surface area contributed by atoms with E-state index in [9.17, 15) is 8.78 Å². The van der Waals surface area contributed by atoms with Crippen molar-refractivity contribution < 1.29 is 8.78 Å². The van der Waals surface area contributed by atoms with Crippen LogP contribution in [0.1, 0.15) is 11.1 Å². The third-order valence-electron chi connectivity index (χ3n) is 2.81. The number of hydrogen-bond acceptors (Lipinski definition) is 3. The van der Waals surface area contributed by atoms with Crippen molar-refractivity contribution in [1.82, 2.24) is 4.98 Å². The summed E-state index contributed by atoms with van der Waals surface area (Å²) < 4.78 is 26.5. The molecule has 94 valence electrons. The maximum absolute atomic E-state index is 13.5. The molecule has 0 atom stereocenters. The molecule has 0 fully saturated rings. The van der Waals surface area contributed by atoms with Crippen molar-refractivity contribution in [2.75, 3.05) is 11.1 Å². The molecule has 0 spiro atoms. The van der Waals surface area contributed by atoms with E-state index in [4.69, 9.17) is 5.73 Å². The lowest BCUT2D eigenvalue weighted by atomic mass is 10.1. The van der Waals surface area contributed by atoms with Gasteiger partial charge < -0.3 is 11.1 Å². The number of aryl methyl sites for hydroxylation is 1. The smallest absolute Gasteiger partial charge is 0.169 e. The predicted molar refractivity (Wildman–Crippen MR) is 67.8 cm³/mol. The van der Waals surface area contributed by atoms with Crippen LogP contribution in [-0.2, 0) is 0 Å². The molecule has 1 aromatic carbocycles. The fourth-order valence-electron chi connectivity index (χ4n) is 1.58. The summed E-state index contributed by atoms with van der Waals surface area (Å²) in [7, 11) is 0. The highest BCUT2D eigenvalue weighted by molar-refractivity contribution is 5.63. The van der Waals surface area contributed by atoms with Crippen molar-refractivity contribution >= 4 is 17.3 Å². The SMILES string of the molecule is Cc1cccc(Nc2nc(N)c(F)cc2F)c1C. The van der Waals surface area contributed by atoms with Gasteiger partial charge in [0.2, 0.25) is 0 Å². The Kier molecular flexibility index (Phi) is 3.14. The van der Waals surface area contributed by atoms with E-state index < -0.39 is 11.6 Å². The van der Waals surface area contributed by atoms with E-state index in [2.05, 4.69) is 10.3 Å². The first kappa shape index (κ1) is 12.3. The van der Waals surface area contributed by atoms with Crippen LogP contribution in [0.15, 0.2) is 24.3 Å². The molecule has 0 aliphatic rings. The largest absolute Gasteiger partial charge is 0.381 e. The van der Waals surface area contributed by atoms with Crippen molar-refractivity contribution in [2.45, 2.75) is 13.8 Å². The first-order valence-corrected chi connectivity index (χ1v) is 5.44. The van der Waals surface area contributed by atoms with Crippen LogP contribution < -0.4 is 11.1 Å². The standard InChI is InChI=1S/C13H13F2N3/c1-7-4-3-5-11(8(7)2)17-13-10(15)6-9(14)12(16)18-13/h3-6H,1-2H3,(H3,16,17,18). The fraction of sp³-hybridized carbons (Fsp3) is 0.154. The molecule has 18 heavy (non-hydrogen) atoms. The molecule has 0 unspecified atom stereocenters. The minimum absolute atomic E-state index is 0.0809. The summed E-state index contributed by atoms with van der Waals surface area (Å²) >= 11 is 0. The molecule has 3 nitrogen and oxygen atoms in total. The summed E-state index contributed by atoms with van der Waals surface area (Å²) in [5.41, 5.74) is 8.07.